The first-order valence-electron chi connectivity index (χ1n) is 11.8. The number of pyridine rings is 1. The van der Waals surface area contributed by atoms with E-state index in [-0.39, 0.29) is 5.91 Å². The number of fused-ring (bicyclic) bond motifs is 1. The zero-order valence-electron chi connectivity index (χ0n) is 20.2. The van der Waals surface area contributed by atoms with Crippen LogP contribution in [0.5, 0.6) is 0 Å². The minimum Gasteiger partial charge on any atom is -0.397 e. The molecule has 0 spiro atoms. The number of nitrogen functional groups attached to an aromatic ring is 1. The summed E-state index contributed by atoms with van der Waals surface area (Å²) in [4.78, 5) is 24.0. The topological polar surface area (TPSA) is 80.9 Å². The number of carbonyl (C=O) groups excluding carboxylic acids is 1. The number of nitrogens with zero attached hydrogens (tertiary/aromatic N) is 2. The fraction of sp³-hybridized carbons (Fsp3) is 0.0333. The molecule has 38 heavy (non-hydrogen) atoms. The monoisotopic (exact) mass is 552 g/mol. The smallest absolute Gasteiger partial charge is 0.269 e. The number of anilines is 2. The SMILES string of the molecule is Cc1ccc(-c2cc(-c3ccccc3)nc3sc(C(=O)Nc4nc(-c5ccccc5Cl)cs4)c(N)c23)cc1. The van der Waals surface area contributed by atoms with E-state index >= 15 is 0 Å². The second kappa shape index (κ2) is 10.0. The minimum atomic E-state index is -0.318. The largest absolute Gasteiger partial charge is 0.397 e. The summed E-state index contributed by atoms with van der Waals surface area (Å²) in [5.41, 5.74) is 13.5. The fourth-order valence-corrected chi connectivity index (χ4v) is 6.24. The molecule has 0 unspecified atom stereocenters. The van der Waals surface area contributed by atoms with Crippen LogP contribution >= 0.6 is 34.3 Å². The molecule has 1 amide bonds. The van der Waals surface area contributed by atoms with Crippen molar-refractivity contribution in [1.29, 1.82) is 0 Å². The van der Waals surface area contributed by atoms with Crippen LogP contribution in [0.3, 0.4) is 0 Å². The van der Waals surface area contributed by atoms with Crippen LogP contribution in [0.2, 0.25) is 5.02 Å². The van der Waals surface area contributed by atoms with Gasteiger partial charge in [-0.3, -0.25) is 10.1 Å². The van der Waals surface area contributed by atoms with Crippen molar-refractivity contribution in [3.05, 3.63) is 106 Å². The maximum Gasteiger partial charge on any atom is 0.269 e. The van der Waals surface area contributed by atoms with Gasteiger partial charge >= 0.3 is 0 Å². The van der Waals surface area contributed by atoms with E-state index < -0.39 is 0 Å². The highest BCUT2D eigenvalue weighted by Crippen LogP contribution is 2.42. The Labute approximate surface area is 232 Å². The van der Waals surface area contributed by atoms with Crippen molar-refractivity contribution in [2.75, 3.05) is 11.1 Å². The molecule has 3 aromatic carbocycles. The number of hydrogen-bond donors (Lipinski definition) is 2. The van der Waals surface area contributed by atoms with Crippen LogP contribution in [0.25, 0.3) is 43.9 Å². The molecule has 0 aliphatic carbocycles. The molecule has 5 nitrogen and oxygen atoms in total. The van der Waals surface area contributed by atoms with Crippen LogP contribution in [0.4, 0.5) is 10.8 Å². The predicted octanol–water partition coefficient (Wildman–Crippen LogP) is 8.55. The number of amides is 1. The lowest BCUT2D eigenvalue weighted by Crippen LogP contribution is -2.11. The van der Waals surface area contributed by atoms with Crippen LogP contribution in [0, 0.1) is 6.92 Å². The minimum absolute atomic E-state index is 0.318. The zero-order valence-corrected chi connectivity index (χ0v) is 22.6. The molecule has 8 heteroatoms. The van der Waals surface area contributed by atoms with E-state index in [0.29, 0.717) is 31.2 Å². The average Bonchev–Trinajstić information content (AvgIpc) is 3.53. The Morgan fingerprint density at radius 3 is 2.37 bits per heavy atom. The highest BCUT2D eigenvalue weighted by Gasteiger charge is 2.22. The molecule has 3 N–H and O–H groups in total. The van der Waals surface area contributed by atoms with Crippen LogP contribution in [0.1, 0.15) is 15.2 Å². The zero-order chi connectivity index (χ0) is 26.2. The molecule has 0 aliphatic heterocycles. The summed E-state index contributed by atoms with van der Waals surface area (Å²) in [6.07, 6.45) is 0. The molecular weight excluding hydrogens is 532 g/mol. The Morgan fingerprint density at radius 1 is 0.868 bits per heavy atom. The van der Waals surface area contributed by atoms with E-state index in [0.717, 1.165) is 33.3 Å². The molecule has 0 saturated heterocycles. The maximum atomic E-state index is 13.4. The van der Waals surface area contributed by atoms with Crippen molar-refractivity contribution >= 4 is 61.2 Å². The molecule has 0 radical (unpaired) electrons. The first kappa shape index (κ1) is 24.3. The van der Waals surface area contributed by atoms with Crippen LogP contribution in [-0.2, 0) is 0 Å². The highest BCUT2D eigenvalue weighted by atomic mass is 35.5. The second-order valence-electron chi connectivity index (χ2n) is 8.78. The molecule has 3 aromatic heterocycles. The summed E-state index contributed by atoms with van der Waals surface area (Å²) in [6, 6.07) is 27.8. The van der Waals surface area contributed by atoms with Crippen molar-refractivity contribution in [2.24, 2.45) is 0 Å². The number of aryl methyl sites for hydroxylation is 1. The average molecular weight is 553 g/mol. The van der Waals surface area contributed by atoms with E-state index in [9.17, 15) is 4.79 Å². The van der Waals surface area contributed by atoms with Gasteiger partial charge in [0, 0.05) is 26.9 Å². The Bertz CT molecular complexity index is 1790. The van der Waals surface area contributed by atoms with Crippen LogP contribution in [-0.4, -0.2) is 15.9 Å². The first-order valence-corrected chi connectivity index (χ1v) is 13.9. The van der Waals surface area contributed by atoms with E-state index in [4.69, 9.17) is 22.3 Å². The van der Waals surface area contributed by atoms with Gasteiger partial charge in [0.25, 0.3) is 5.91 Å². The maximum absolute atomic E-state index is 13.4. The standard InChI is InChI=1S/C30H21ClN4OS2/c1-17-11-13-18(14-12-17)21-15-23(19-7-3-2-4-8-19)33-29-25(21)26(32)27(38-29)28(36)35-30-34-24(16-37-30)20-9-5-6-10-22(20)31/h2-16H,32H2,1H3,(H,34,35,36). The molecular formula is C30H21ClN4OS2. The normalized spacial score (nSPS) is 11.1. The Balaban J connectivity index is 1.41. The van der Waals surface area contributed by atoms with Gasteiger partial charge in [-0.2, -0.15) is 0 Å². The fourth-order valence-electron chi connectivity index (χ4n) is 4.28. The summed E-state index contributed by atoms with van der Waals surface area (Å²) >= 11 is 8.94. The summed E-state index contributed by atoms with van der Waals surface area (Å²) in [5.74, 6) is -0.318. The summed E-state index contributed by atoms with van der Waals surface area (Å²) in [7, 11) is 0. The van der Waals surface area contributed by atoms with Gasteiger partial charge in [-0.25, -0.2) is 9.97 Å². The van der Waals surface area contributed by atoms with Gasteiger partial charge in [0.1, 0.15) is 9.71 Å². The van der Waals surface area contributed by atoms with Gasteiger partial charge in [-0.05, 0) is 30.2 Å². The lowest BCUT2D eigenvalue weighted by Gasteiger charge is -2.09. The van der Waals surface area contributed by atoms with Gasteiger partial charge in [0.15, 0.2) is 5.13 Å². The summed E-state index contributed by atoms with van der Waals surface area (Å²) in [6.45, 7) is 2.05. The third-order valence-corrected chi connectivity index (χ3v) is 8.40. The third-order valence-electron chi connectivity index (χ3n) is 6.21. The predicted molar refractivity (Wildman–Crippen MR) is 160 cm³/mol. The number of rotatable bonds is 5. The van der Waals surface area contributed by atoms with E-state index in [1.54, 1.807) is 0 Å². The number of thiazole rings is 1. The number of hydrogen-bond acceptors (Lipinski definition) is 6. The highest BCUT2D eigenvalue weighted by molar-refractivity contribution is 7.21. The van der Waals surface area contributed by atoms with E-state index in [1.807, 2.05) is 66.0 Å². The molecule has 0 aliphatic rings. The molecule has 6 aromatic rings. The summed E-state index contributed by atoms with van der Waals surface area (Å²) < 4.78 is 0. The number of nitrogens with one attached hydrogen (secondary N) is 1. The van der Waals surface area contributed by atoms with Crippen molar-refractivity contribution in [1.82, 2.24) is 9.97 Å². The number of aromatic nitrogens is 2. The molecule has 6 rings (SSSR count). The number of nitrogens with two attached hydrogens (primary N) is 1. The van der Waals surface area contributed by atoms with E-state index in [1.165, 1.54) is 28.2 Å². The van der Waals surface area contributed by atoms with Crippen LogP contribution < -0.4 is 11.1 Å². The Hall–Kier alpha value is -4.04. The van der Waals surface area contributed by atoms with E-state index in [2.05, 4.69) is 41.5 Å². The first-order chi connectivity index (χ1) is 18.5. The number of thiophene rings is 1. The van der Waals surface area contributed by atoms with Crippen molar-refractivity contribution in [3.63, 3.8) is 0 Å². The lowest BCUT2D eigenvalue weighted by atomic mass is 9.99. The quantitative estimate of drug-likeness (QED) is 0.224. The lowest BCUT2D eigenvalue weighted by molar-refractivity contribution is 0.103. The van der Waals surface area contributed by atoms with Crippen molar-refractivity contribution < 1.29 is 4.79 Å². The molecule has 0 saturated carbocycles. The van der Waals surface area contributed by atoms with Gasteiger partial charge in [-0.15, -0.1) is 22.7 Å². The Morgan fingerprint density at radius 2 is 1.61 bits per heavy atom. The van der Waals surface area contributed by atoms with Crippen LogP contribution in [0.15, 0.2) is 90.3 Å². The Kier molecular flexibility index (Phi) is 6.41. The van der Waals surface area contributed by atoms with Crippen molar-refractivity contribution in [3.8, 4) is 33.6 Å². The number of carbonyl (C=O) groups is 1. The molecule has 186 valence electrons. The number of benzene rings is 3. The van der Waals surface area contributed by atoms with Gasteiger partial charge in [0.2, 0.25) is 0 Å². The molecule has 0 bridgehead atoms. The molecule has 0 atom stereocenters. The second-order valence-corrected chi connectivity index (χ2v) is 11.0. The van der Waals surface area contributed by atoms with Gasteiger partial charge in [0.05, 0.1) is 17.1 Å². The molecule has 3 heterocycles. The number of halogens is 1. The molecule has 0 fully saturated rings. The van der Waals surface area contributed by atoms with Gasteiger partial charge in [-0.1, -0.05) is 90.0 Å². The third kappa shape index (κ3) is 4.56. The van der Waals surface area contributed by atoms with Gasteiger partial charge < -0.3 is 5.73 Å². The van der Waals surface area contributed by atoms with Crippen molar-refractivity contribution in [2.45, 2.75) is 6.92 Å². The summed E-state index contributed by atoms with van der Waals surface area (Å²) in [5, 5.41) is 6.63.